The predicted molar refractivity (Wildman–Crippen MR) is 101 cm³/mol. The zero-order chi connectivity index (χ0) is 19.2. The number of nitro benzene ring substituents is 1. The molecule has 27 heavy (non-hydrogen) atoms. The zero-order valence-corrected chi connectivity index (χ0v) is 15.5. The number of hydrogen-bond acceptors (Lipinski definition) is 6. The Kier molecular flexibility index (Phi) is 5.87. The molecule has 1 amide bonds. The molecule has 0 unspecified atom stereocenters. The number of para-hydroxylation sites is 2. The largest absolute Gasteiger partial charge is 0.477 e. The Morgan fingerprint density at radius 3 is 2.70 bits per heavy atom. The van der Waals surface area contributed by atoms with Crippen LogP contribution in [-0.2, 0) is 17.9 Å². The Bertz CT molecular complexity index is 920. The van der Waals surface area contributed by atoms with Gasteiger partial charge in [-0.1, -0.05) is 12.1 Å². The van der Waals surface area contributed by atoms with E-state index < -0.39 is 4.92 Å². The number of thiophene rings is 1. The van der Waals surface area contributed by atoms with Gasteiger partial charge in [0.1, 0.15) is 5.76 Å². The smallest absolute Gasteiger partial charge is 0.310 e. The summed E-state index contributed by atoms with van der Waals surface area (Å²) in [6, 6.07) is 11.6. The highest BCUT2D eigenvalue weighted by Crippen LogP contribution is 2.26. The zero-order valence-electron chi connectivity index (χ0n) is 14.7. The minimum Gasteiger partial charge on any atom is -0.477 e. The van der Waals surface area contributed by atoms with Gasteiger partial charge in [-0.25, -0.2) is 0 Å². The first kappa shape index (κ1) is 18.7. The minimum atomic E-state index is -0.532. The maximum atomic E-state index is 12.8. The molecular formula is C19H18N2O5S. The van der Waals surface area contributed by atoms with Crippen molar-refractivity contribution in [2.75, 3.05) is 6.61 Å². The number of rotatable bonds is 8. The van der Waals surface area contributed by atoms with E-state index in [9.17, 15) is 14.9 Å². The van der Waals surface area contributed by atoms with E-state index in [1.807, 2.05) is 18.4 Å². The average molecular weight is 386 g/mol. The van der Waals surface area contributed by atoms with Crippen molar-refractivity contribution < 1.29 is 18.9 Å². The van der Waals surface area contributed by atoms with Crippen LogP contribution in [0.1, 0.15) is 16.2 Å². The molecular weight excluding hydrogens is 368 g/mol. The normalized spacial score (nSPS) is 10.6. The van der Waals surface area contributed by atoms with Crippen molar-refractivity contribution in [1.29, 1.82) is 0 Å². The SMILES string of the molecule is Cc1ccsc1CN(Cc1ccco1)C(=O)COc1ccccc1[N+](=O)[O-]. The number of carbonyl (C=O) groups excluding carboxylic acids is 1. The summed E-state index contributed by atoms with van der Waals surface area (Å²) in [4.78, 5) is 26.0. The topological polar surface area (TPSA) is 85.8 Å². The van der Waals surface area contributed by atoms with E-state index in [1.54, 1.807) is 46.8 Å². The second kappa shape index (κ2) is 8.50. The van der Waals surface area contributed by atoms with Gasteiger partial charge in [0, 0.05) is 10.9 Å². The lowest BCUT2D eigenvalue weighted by Crippen LogP contribution is -2.34. The molecule has 0 saturated heterocycles. The molecule has 1 aromatic carbocycles. The molecule has 2 aromatic heterocycles. The molecule has 8 heteroatoms. The number of benzene rings is 1. The van der Waals surface area contributed by atoms with Gasteiger partial charge in [-0.3, -0.25) is 14.9 Å². The summed E-state index contributed by atoms with van der Waals surface area (Å²) < 4.78 is 10.8. The third-order valence-corrected chi connectivity index (χ3v) is 5.00. The molecule has 0 radical (unpaired) electrons. The first-order valence-electron chi connectivity index (χ1n) is 8.24. The fraction of sp³-hybridized carbons (Fsp3) is 0.211. The number of aryl methyl sites for hydroxylation is 1. The minimum absolute atomic E-state index is 0.0705. The van der Waals surface area contributed by atoms with Crippen LogP contribution in [0.15, 0.2) is 58.5 Å². The fourth-order valence-electron chi connectivity index (χ4n) is 2.52. The first-order chi connectivity index (χ1) is 13.0. The summed E-state index contributed by atoms with van der Waals surface area (Å²) in [5.41, 5.74) is 0.939. The van der Waals surface area contributed by atoms with Gasteiger partial charge in [-0.15, -0.1) is 11.3 Å². The van der Waals surface area contributed by atoms with Gasteiger partial charge in [-0.05, 0) is 42.1 Å². The van der Waals surface area contributed by atoms with Gasteiger partial charge in [-0.2, -0.15) is 0 Å². The van der Waals surface area contributed by atoms with Gasteiger partial charge < -0.3 is 14.1 Å². The van der Waals surface area contributed by atoms with Crippen LogP contribution < -0.4 is 4.74 Å². The quantitative estimate of drug-likeness (QED) is 0.428. The summed E-state index contributed by atoms with van der Waals surface area (Å²) in [5.74, 6) is 0.446. The Hall–Kier alpha value is -3.13. The molecule has 0 aliphatic rings. The van der Waals surface area contributed by atoms with E-state index in [0.29, 0.717) is 18.8 Å². The summed E-state index contributed by atoms with van der Waals surface area (Å²) in [6.45, 7) is 2.41. The van der Waals surface area contributed by atoms with Gasteiger partial charge in [0.2, 0.25) is 0 Å². The summed E-state index contributed by atoms with van der Waals surface area (Å²) in [6.07, 6.45) is 1.55. The van der Waals surface area contributed by atoms with Crippen LogP contribution in [0.2, 0.25) is 0 Å². The number of nitrogens with zero attached hydrogens (tertiary/aromatic N) is 2. The summed E-state index contributed by atoms with van der Waals surface area (Å²) >= 11 is 1.57. The fourth-order valence-corrected chi connectivity index (χ4v) is 3.44. The molecule has 2 heterocycles. The Balaban J connectivity index is 1.72. The van der Waals surface area contributed by atoms with Crippen LogP contribution in [0.4, 0.5) is 5.69 Å². The van der Waals surface area contributed by atoms with Gasteiger partial charge in [0.05, 0.1) is 24.3 Å². The predicted octanol–water partition coefficient (Wildman–Crippen LogP) is 4.17. The number of nitro groups is 1. The summed E-state index contributed by atoms with van der Waals surface area (Å²) in [5, 5.41) is 13.1. The Morgan fingerprint density at radius 1 is 1.22 bits per heavy atom. The molecule has 0 spiro atoms. The van der Waals surface area contributed by atoms with Crippen molar-refractivity contribution in [2.24, 2.45) is 0 Å². The lowest BCUT2D eigenvalue weighted by Gasteiger charge is -2.21. The lowest BCUT2D eigenvalue weighted by molar-refractivity contribution is -0.385. The van der Waals surface area contributed by atoms with Crippen LogP contribution >= 0.6 is 11.3 Å². The van der Waals surface area contributed by atoms with Gasteiger partial charge in [0.15, 0.2) is 12.4 Å². The highest BCUT2D eigenvalue weighted by atomic mass is 32.1. The number of hydrogen-bond donors (Lipinski definition) is 0. The van der Waals surface area contributed by atoms with E-state index in [4.69, 9.17) is 9.15 Å². The maximum absolute atomic E-state index is 12.8. The van der Waals surface area contributed by atoms with E-state index in [-0.39, 0.29) is 24.0 Å². The van der Waals surface area contributed by atoms with E-state index in [2.05, 4.69) is 0 Å². The van der Waals surface area contributed by atoms with Crippen LogP contribution in [0.5, 0.6) is 5.75 Å². The summed E-state index contributed by atoms with van der Waals surface area (Å²) in [7, 11) is 0. The first-order valence-corrected chi connectivity index (χ1v) is 9.12. The monoisotopic (exact) mass is 386 g/mol. The highest BCUT2D eigenvalue weighted by molar-refractivity contribution is 7.10. The molecule has 0 atom stereocenters. The van der Waals surface area contributed by atoms with Crippen molar-refractivity contribution in [1.82, 2.24) is 4.90 Å². The molecule has 140 valence electrons. The highest BCUT2D eigenvalue weighted by Gasteiger charge is 2.20. The number of furan rings is 1. The molecule has 0 fully saturated rings. The molecule has 7 nitrogen and oxygen atoms in total. The third kappa shape index (κ3) is 4.73. The van der Waals surface area contributed by atoms with Crippen molar-refractivity contribution in [2.45, 2.75) is 20.0 Å². The number of carbonyl (C=O) groups is 1. The third-order valence-electron chi connectivity index (χ3n) is 4.00. The molecule has 0 bridgehead atoms. The van der Waals surface area contributed by atoms with E-state index in [1.165, 1.54) is 12.1 Å². The van der Waals surface area contributed by atoms with Crippen LogP contribution in [-0.4, -0.2) is 22.3 Å². The average Bonchev–Trinajstić information content (AvgIpc) is 3.31. The second-order valence-electron chi connectivity index (χ2n) is 5.87. The molecule has 3 aromatic rings. The van der Waals surface area contributed by atoms with Gasteiger partial charge >= 0.3 is 5.69 Å². The van der Waals surface area contributed by atoms with Crippen molar-refractivity contribution >= 4 is 22.9 Å². The Morgan fingerprint density at radius 2 is 2.04 bits per heavy atom. The van der Waals surface area contributed by atoms with Crippen LogP contribution in [0, 0.1) is 17.0 Å². The molecule has 0 aliphatic heterocycles. The maximum Gasteiger partial charge on any atom is 0.310 e. The second-order valence-corrected chi connectivity index (χ2v) is 6.87. The number of ether oxygens (including phenoxy) is 1. The molecule has 0 N–H and O–H groups in total. The van der Waals surface area contributed by atoms with Crippen molar-refractivity contribution in [3.8, 4) is 5.75 Å². The van der Waals surface area contributed by atoms with Crippen molar-refractivity contribution in [3.63, 3.8) is 0 Å². The molecule has 0 saturated carbocycles. The van der Waals surface area contributed by atoms with Crippen LogP contribution in [0.3, 0.4) is 0 Å². The van der Waals surface area contributed by atoms with Crippen LogP contribution in [0.25, 0.3) is 0 Å². The standard InChI is InChI=1S/C19H18N2O5S/c1-14-8-10-27-18(14)12-20(11-15-5-4-9-25-15)19(22)13-26-17-7-3-2-6-16(17)21(23)24/h2-10H,11-13H2,1H3. The Labute approximate surface area is 159 Å². The van der Waals surface area contributed by atoms with E-state index >= 15 is 0 Å². The molecule has 0 aliphatic carbocycles. The van der Waals surface area contributed by atoms with E-state index in [0.717, 1.165) is 10.4 Å². The number of amides is 1. The lowest BCUT2D eigenvalue weighted by atomic mass is 10.2. The van der Waals surface area contributed by atoms with Gasteiger partial charge in [0.25, 0.3) is 5.91 Å². The van der Waals surface area contributed by atoms with Crippen molar-refractivity contribution in [3.05, 3.63) is 80.4 Å². The molecule has 3 rings (SSSR count).